The van der Waals surface area contributed by atoms with Gasteiger partial charge in [-0.05, 0) is 45.9 Å². The minimum Gasteiger partial charge on any atom is -0.322 e. The number of aryl methyl sites for hydroxylation is 2. The van der Waals surface area contributed by atoms with E-state index in [-0.39, 0.29) is 11.9 Å². The van der Waals surface area contributed by atoms with Crippen LogP contribution in [0.5, 0.6) is 0 Å². The first-order chi connectivity index (χ1) is 11.0. The highest BCUT2D eigenvalue weighted by Crippen LogP contribution is 2.22. The second-order valence-corrected chi connectivity index (χ2v) is 6.05. The van der Waals surface area contributed by atoms with Crippen LogP contribution in [0.2, 0.25) is 0 Å². The molecule has 0 aliphatic carbocycles. The number of nitrogens with zero attached hydrogens (tertiary/aromatic N) is 3. The standard InChI is InChI=1S/C18H20N4O/c1-11(2)22-17-16(10-19-22)15(9-13(4)20-17)18(23)21-14-7-5-12(3)6-8-14/h5-11H,1-4H3,(H,21,23). The Kier molecular flexibility index (Phi) is 3.86. The summed E-state index contributed by atoms with van der Waals surface area (Å²) >= 11 is 0. The molecule has 1 amide bonds. The van der Waals surface area contributed by atoms with Gasteiger partial charge in [-0.2, -0.15) is 5.10 Å². The van der Waals surface area contributed by atoms with E-state index in [1.54, 1.807) is 12.3 Å². The first kappa shape index (κ1) is 15.2. The molecule has 1 N–H and O–H groups in total. The number of benzene rings is 1. The van der Waals surface area contributed by atoms with Crippen LogP contribution in [0.25, 0.3) is 11.0 Å². The molecule has 2 aromatic heterocycles. The molecule has 3 aromatic rings. The quantitative estimate of drug-likeness (QED) is 0.798. The first-order valence-corrected chi connectivity index (χ1v) is 7.68. The highest BCUT2D eigenvalue weighted by Gasteiger charge is 2.17. The van der Waals surface area contributed by atoms with Crippen LogP contribution in [0.3, 0.4) is 0 Å². The van der Waals surface area contributed by atoms with Crippen molar-refractivity contribution in [1.82, 2.24) is 14.8 Å². The van der Waals surface area contributed by atoms with Gasteiger partial charge in [0.05, 0.1) is 17.1 Å². The number of fused-ring (bicyclic) bond motifs is 1. The lowest BCUT2D eigenvalue weighted by atomic mass is 10.1. The molecule has 0 unspecified atom stereocenters. The summed E-state index contributed by atoms with van der Waals surface area (Å²) in [6.07, 6.45) is 1.71. The lowest BCUT2D eigenvalue weighted by Gasteiger charge is -2.09. The van der Waals surface area contributed by atoms with Gasteiger partial charge in [0.25, 0.3) is 5.91 Å². The van der Waals surface area contributed by atoms with Gasteiger partial charge in [-0.15, -0.1) is 0 Å². The number of hydrogen-bond donors (Lipinski definition) is 1. The molecule has 0 atom stereocenters. The van der Waals surface area contributed by atoms with Crippen molar-refractivity contribution >= 4 is 22.6 Å². The molecule has 0 bridgehead atoms. The lowest BCUT2D eigenvalue weighted by Crippen LogP contribution is -2.13. The normalized spacial score (nSPS) is 11.2. The number of nitrogens with one attached hydrogen (secondary N) is 1. The van der Waals surface area contributed by atoms with E-state index in [9.17, 15) is 4.79 Å². The monoisotopic (exact) mass is 308 g/mol. The average Bonchev–Trinajstić information content (AvgIpc) is 2.92. The predicted octanol–water partition coefficient (Wildman–Crippen LogP) is 3.88. The molecule has 0 aliphatic rings. The number of aromatic nitrogens is 3. The Labute approximate surface area is 135 Å². The van der Waals surface area contributed by atoms with Crippen LogP contribution in [-0.4, -0.2) is 20.7 Å². The van der Waals surface area contributed by atoms with Crippen molar-refractivity contribution in [3.8, 4) is 0 Å². The van der Waals surface area contributed by atoms with Gasteiger partial charge in [0.15, 0.2) is 5.65 Å². The second kappa shape index (κ2) is 5.83. The second-order valence-electron chi connectivity index (χ2n) is 6.05. The van der Waals surface area contributed by atoms with Gasteiger partial charge in [-0.25, -0.2) is 9.67 Å². The van der Waals surface area contributed by atoms with E-state index in [0.717, 1.165) is 28.0 Å². The zero-order valence-electron chi connectivity index (χ0n) is 13.8. The van der Waals surface area contributed by atoms with Crippen LogP contribution in [0.4, 0.5) is 5.69 Å². The van der Waals surface area contributed by atoms with Crippen LogP contribution >= 0.6 is 0 Å². The van der Waals surface area contributed by atoms with Gasteiger partial charge < -0.3 is 5.32 Å². The summed E-state index contributed by atoms with van der Waals surface area (Å²) in [5, 5.41) is 8.08. The smallest absolute Gasteiger partial charge is 0.256 e. The van der Waals surface area contributed by atoms with E-state index >= 15 is 0 Å². The van der Waals surface area contributed by atoms with Crippen molar-refractivity contribution in [3.05, 3.63) is 53.3 Å². The summed E-state index contributed by atoms with van der Waals surface area (Å²) in [6.45, 7) is 7.99. The highest BCUT2D eigenvalue weighted by atomic mass is 16.1. The highest BCUT2D eigenvalue weighted by molar-refractivity contribution is 6.12. The molecular weight excluding hydrogens is 288 g/mol. The van der Waals surface area contributed by atoms with Crippen molar-refractivity contribution in [2.24, 2.45) is 0 Å². The molecule has 0 spiro atoms. The fraction of sp³-hybridized carbons (Fsp3) is 0.278. The number of amides is 1. The summed E-state index contributed by atoms with van der Waals surface area (Å²) in [4.78, 5) is 17.2. The molecule has 0 radical (unpaired) electrons. The van der Waals surface area contributed by atoms with E-state index in [4.69, 9.17) is 0 Å². The first-order valence-electron chi connectivity index (χ1n) is 7.68. The third-order valence-electron chi connectivity index (χ3n) is 3.74. The summed E-state index contributed by atoms with van der Waals surface area (Å²) in [7, 11) is 0. The Balaban J connectivity index is 2.01. The molecular formula is C18H20N4O. The van der Waals surface area contributed by atoms with Gasteiger partial charge in [0.1, 0.15) is 0 Å². The van der Waals surface area contributed by atoms with Crippen LogP contribution in [0.15, 0.2) is 36.5 Å². The SMILES string of the molecule is Cc1ccc(NC(=O)c2cc(C)nc3c2cnn3C(C)C)cc1. The molecule has 3 rings (SSSR count). The van der Waals surface area contributed by atoms with Crippen molar-refractivity contribution in [2.75, 3.05) is 5.32 Å². The Morgan fingerprint density at radius 3 is 2.52 bits per heavy atom. The van der Waals surface area contributed by atoms with E-state index in [2.05, 4.69) is 15.4 Å². The van der Waals surface area contributed by atoms with Gasteiger partial charge in [-0.3, -0.25) is 4.79 Å². The number of pyridine rings is 1. The van der Waals surface area contributed by atoms with E-state index in [0.29, 0.717) is 5.56 Å². The predicted molar refractivity (Wildman–Crippen MR) is 91.8 cm³/mol. The third-order valence-corrected chi connectivity index (χ3v) is 3.74. The summed E-state index contributed by atoms with van der Waals surface area (Å²) in [6, 6.07) is 9.74. The molecule has 5 nitrogen and oxygen atoms in total. The van der Waals surface area contributed by atoms with Crippen LogP contribution < -0.4 is 5.32 Å². The molecule has 1 aromatic carbocycles. The fourth-order valence-corrected chi connectivity index (χ4v) is 2.54. The van der Waals surface area contributed by atoms with Gasteiger partial charge in [0.2, 0.25) is 0 Å². The van der Waals surface area contributed by atoms with Crippen LogP contribution in [0, 0.1) is 13.8 Å². The van der Waals surface area contributed by atoms with Crippen molar-refractivity contribution in [2.45, 2.75) is 33.7 Å². The summed E-state index contributed by atoms with van der Waals surface area (Å²) in [5.41, 5.74) is 4.07. The number of carbonyl (C=O) groups excluding carboxylic acids is 1. The molecule has 0 aliphatic heterocycles. The largest absolute Gasteiger partial charge is 0.322 e. The van der Waals surface area contributed by atoms with E-state index in [1.807, 2.05) is 56.6 Å². The molecule has 2 heterocycles. The number of carbonyl (C=O) groups is 1. The lowest BCUT2D eigenvalue weighted by molar-refractivity contribution is 0.102. The molecule has 0 fully saturated rings. The minimum absolute atomic E-state index is 0.146. The zero-order valence-corrected chi connectivity index (χ0v) is 13.8. The number of rotatable bonds is 3. The molecule has 0 saturated carbocycles. The Morgan fingerprint density at radius 1 is 1.17 bits per heavy atom. The van der Waals surface area contributed by atoms with Gasteiger partial charge in [-0.1, -0.05) is 17.7 Å². The Bertz CT molecular complexity index is 863. The number of anilines is 1. The van der Waals surface area contributed by atoms with E-state index in [1.165, 1.54) is 0 Å². The minimum atomic E-state index is -0.146. The zero-order chi connectivity index (χ0) is 16.6. The topological polar surface area (TPSA) is 59.8 Å². The van der Waals surface area contributed by atoms with Gasteiger partial charge in [0, 0.05) is 17.4 Å². The molecule has 0 saturated heterocycles. The molecule has 23 heavy (non-hydrogen) atoms. The number of hydrogen-bond acceptors (Lipinski definition) is 3. The summed E-state index contributed by atoms with van der Waals surface area (Å²) < 4.78 is 1.84. The van der Waals surface area contributed by atoms with Crippen LogP contribution in [-0.2, 0) is 0 Å². The maximum Gasteiger partial charge on any atom is 0.256 e. The Morgan fingerprint density at radius 2 is 1.87 bits per heavy atom. The van der Waals surface area contributed by atoms with E-state index < -0.39 is 0 Å². The Hall–Kier alpha value is -2.69. The van der Waals surface area contributed by atoms with Crippen LogP contribution in [0.1, 0.15) is 41.5 Å². The third kappa shape index (κ3) is 2.95. The maximum atomic E-state index is 12.7. The molecule has 118 valence electrons. The van der Waals surface area contributed by atoms with Crippen molar-refractivity contribution in [3.63, 3.8) is 0 Å². The van der Waals surface area contributed by atoms with Crippen molar-refractivity contribution < 1.29 is 4.79 Å². The average molecular weight is 308 g/mol. The van der Waals surface area contributed by atoms with Gasteiger partial charge >= 0.3 is 0 Å². The summed E-state index contributed by atoms with van der Waals surface area (Å²) in [5.74, 6) is -0.146. The molecule has 5 heteroatoms. The maximum absolute atomic E-state index is 12.7. The van der Waals surface area contributed by atoms with Crippen molar-refractivity contribution in [1.29, 1.82) is 0 Å². The fourth-order valence-electron chi connectivity index (χ4n) is 2.54.